The molecule has 2 aromatic carbocycles. The number of hydrogen-bond donors (Lipinski definition) is 3. The number of carbonyl (C=O) groups excluding carboxylic acids is 1. The highest BCUT2D eigenvalue weighted by Crippen LogP contribution is 2.18. The van der Waals surface area contributed by atoms with E-state index in [9.17, 15) is 4.79 Å². The van der Waals surface area contributed by atoms with Crippen molar-refractivity contribution in [1.82, 2.24) is 4.90 Å². The Kier molecular flexibility index (Phi) is 7.88. The van der Waals surface area contributed by atoms with Crippen molar-refractivity contribution in [2.45, 2.75) is 32.6 Å². The number of halogens is 1. The Morgan fingerprint density at radius 2 is 1.93 bits per heavy atom. The van der Waals surface area contributed by atoms with Gasteiger partial charge in [-0.2, -0.15) is 0 Å². The van der Waals surface area contributed by atoms with E-state index < -0.39 is 0 Å². The minimum atomic E-state index is 0. The molecule has 3 rings (SSSR count). The number of rotatable bonds is 7. The highest BCUT2D eigenvalue weighted by Gasteiger charge is 2.20. The Bertz CT molecular complexity index is 831. The average Bonchev–Trinajstić information content (AvgIpc) is 3.20. The maximum Gasteiger partial charge on any atom is 0.254 e. The zero-order chi connectivity index (χ0) is 19.2. The largest absolute Gasteiger partial charge is 0.385 e. The normalized spacial score (nSPS) is 13.1. The highest BCUT2D eigenvalue weighted by atomic mass is 35.5. The molecule has 1 saturated heterocycles. The van der Waals surface area contributed by atoms with Gasteiger partial charge in [-0.3, -0.25) is 10.2 Å². The molecule has 1 fully saturated rings. The minimum absolute atomic E-state index is 0. The van der Waals surface area contributed by atoms with E-state index in [-0.39, 0.29) is 24.1 Å². The number of nitrogens with one attached hydrogen (secondary N) is 2. The summed E-state index contributed by atoms with van der Waals surface area (Å²) in [5.41, 5.74) is 10.4. The fourth-order valence-electron chi connectivity index (χ4n) is 3.53. The smallest absolute Gasteiger partial charge is 0.254 e. The second-order valence-electron chi connectivity index (χ2n) is 7.17. The van der Waals surface area contributed by atoms with Crippen molar-refractivity contribution in [3.63, 3.8) is 0 Å². The van der Waals surface area contributed by atoms with E-state index in [0.29, 0.717) is 0 Å². The molecule has 150 valence electrons. The van der Waals surface area contributed by atoms with Crippen LogP contribution >= 0.6 is 12.4 Å². The maximum absolute atomic E-state index is 12.6. The SMILES string of the molecule is Cc1cc(CCCNc2cccc(C(=N)N)c2)ccc1C(=O)N1CCCC1.Cl. The molecule has 0 aromatic heterocycles. The monoisotopic (exact) mass is 400 g/mol. The van der Waals surface area contributed by atoms with E-state index >= 15 is 0 Å². The standard InChI is InChI=1S/C22H28N4O.ClH/c1-16-14-17(9-10-20(16)22(27)26-12-2-3-13-26)6-5-11-25-19-8-4-7-18(15-19)21(23)24;/h4,7-10,14-15,25H,2-3,5-6,11-13H2,1H3,(H3,23,24);1H. The van der Waals surface area contributed by atoms with Gasteiger partial charge in [0.05, 0.1) is 0 Å². The Labute approximate surface area is 173 Å². The zero-order valence-corrected chi connectivity index (χ0v) is 17.1. The van der Waals surface area contributed by atoms with Gasteiger partial charge in [0.2, 0.25) is 0 Å². The third kappa shape index (κ3) is 5.49. The van der Waals surface area contributed by atoms with Crippen molar-refractivity contribution < 1.29 is 4.79 Å². The summed E-state index contributed by atoms with van der Waals surface area (Å²) in [7, 11) is 0. The molecule has 4 N–H and O–H groups in total. The number of nitrogens with zero attached hydrogens (tertiary/aromatic N) is 1. The molecular weight excluding hydrogens is 372 g/mol. The van der Waals surface area contributed by atoms with E-state index in [1.807, 2.05) is 42.2 Å². The van der Waals surface area contributed by atoms with Crippen LogP contribution in [0.4, 0.5) is 5.69 Å². The van der Waals surface area contributed by atoms with Crippen molar-refractivity contribution in [3.8, 4) is 0 Å². The minimum Gasteiger partial charge on any atom is -0.385 e. The number of amidine groups is 1. The molecule has 1 aliphatic heterocycles. The predicted molar refractivity (Wildman–Crippen MR) is 118 cm³/mol. The Morgan fingerprint density at radius 3 is 2.61 bits per heavy atom. The van der Waals surface area contributed by atoms with E-state index in [0.717, 1.165) is 67.7 Å². The first-order valence-corrected chi connectivity index (χ1v) is 9.62. The molecule has 28 heavy (non-hydrogen) atoms. The van der Waals surface area contributed by atoms with Crippen LogP contribution in [0.1, 0.15) is 46.3 Å². The lowest BCUT2D eigenvalue weighted by atomic mass is 10.0. The number of benzene rings is 2. The van der Waals surface area contributed by atoms with Gasteiger partial charge in [0.25, 0.3) is 5.91 Å². The summed E-state index contributed by atoms with van der Waals surface area (Å²) < 4.78 is 0. The van der Waals surface area contributed by atoms with Gasteiger partial charge in [-0.05, 0) is 61.9 Å². The second-order valence-corrected chi connectivity index (χ2v) is 7.17. The summed E-state index contributed by atoms with van der Waals surface area (Å²) in [6.45, 7) is 4.64. The van der Waals surface area contributed by atoms with E-state index in [2.05, 4.69) is 17.4 Å². The Balaban J connectivity index is 0.00000280. The Hall–Kier alpha value is -2.53. The number of anilines is 1. The predicted octanol–water partition coefficient (Wildman–Crippen LogP) is 3.98. The van der Waals surface area contributed by atoms with Gasteiger partial charge in [0.15, 0.2) is 0 Å². The van der Waals surface area contributed by atoms with Gasteiger partial charge in [0.1, 0.15) is 5.84 Å². The summed E-state index contributed by atoms with van der Waals surface area (Å²) in [4.78, 5) is 14.5. The third-order valence-corrected chi connectivity index (χ3v) is 5.06. The first-order chi connectivity index (χ1) is 13.0. The molecule has 1 amide bonds. The van der Waals surface area contributed by atoms with Gasteiger partial charge in [0, 0.05) is 36.4 Å². The molecule has 1 heterocycles. The van der Waals surface area contributed by atoms with Crippen LogP contribution in [-0.4, -0.2) is 36.3 Å². The quantitative estimate of drug-likeness (QED) is 0.373. The molecule has 0 atom stereocenters. The van der Waals surface area contributed by atoms with Crippen LogP contribution in [0.2, 0.25) is 0 Å². The maximum atomic E-state index is 12.6. The van der Waals surface area contributed by atoms with Crippen LogP contribution in [0.5, 0.6) is 0 Å². The van der Waals surface area contributed by atoms with Crippen molar-refractivity contribution in [2.75, 3.05) is 25.0 Å². The summed E-state index contributed by atoms with van der Waals surface area (Å²) in [6.07, 6.45) is 4.18. The fourth-order valence-corrected chi connectivity index (χ4v) is 3.53. The van der Waals surface area contributed by atoms with Crippen LogP contribution in [0.15, 0.2) is 42.5 Å². The summed E-state index contributed by atoms with van der Waals surface area (Å²) in [5.74, 6) is 0.251. The van der Waals surface area contributed by atoms with Crippen LogP contribution in [0.25, 0.3) is 0 Å². The molecule has 0 spiro atoms. The molecule has 0 aliphatic carbocycles. The average molecular weight is 401 g/mol. The number of aryl methyl sites for hydroxylation is 2. The molecular formula is C22H29ClN4O. The van der Waals surface area contributed by atoms with Gasteiger partial charge in [-0.25, -0.2) is 0 Å². The van der Waals surface area contributed by atoms with Gasteiger partial charge in [-0.15, -0.1) is 12.4 Å². The Morgan fingerprint density at radius 1 is 1.18 bits per heavy atom. The molecule has 5 nitrogen and oxygen atoms in total. The summed E-state index contributed by atoms with van der Waals surface area (Å²) in [5, 5.41) is 10.9. The molecule has 0 saturated carbocycles. The molecule has 0 unspecified atom stereocenters. The second kappa shape index (κ2) is 10.1. The number of nitrogens with two attached hydrogens (primary N) is 1. The van der Waals surface area contributed by atoms with Crippen LogP contribution in [0, 0.1) is 12.3 Å². The lowest BCUT2D eigenvalue weighted by Gasteiger charge is -2.17. The van der Waals surface area contributed by atoms with Crippen molar-refractivity contribution in [1.29, 1.82) is 5.41 Å². The number of hydrogen-bond acceptors (Lipinski definition) is 3. The lowest BCUT2D eigenvalue weighted by molar-refractivity contribution is 0.0792. The topological polar surface area (TPSA) is 82.2 Å². The number of likely N-dealkylation sites (tertiary alicyclic amines) is 1. The van der Waals surface area contributed by atoms with Gasteiger partial charge >= 0.3 is 0 Å². The summed E-state index contributed by atoms with van der Waals surface area (Å²) in [6, 6.07) is 13.8. The number of nitrogen functional groups attached to an aromatic ring is 1. The first kappa shape index (κ1) is 21.8. The number of carbonyl (C=O) groups is 1. The molecule has 2 aromatic rings. The third-order valence-electron chi connectivity index (χ3n) is 5.06. The first-order valence-electron chi connectivity index (χ1n) is 9.62. The molecule has 1 aliphatic rings. The van der Waals surface area contributed by atoms with Crippen molar-refractivity contribution in [2.24, 2.45) is 5.73 Å². The molecule has 0 bridgehead atoms. The fraction of sp³-hybridized carbons (Fsp3) is 0.364. The van der Waals surface area contributed by atoms with Crippen LogP contribution in [-0.2, 0) is 6.42 Å². The van der Waals surface area contributed by atoms with Crippen LogP contribution < -0.4 is 11.1 Å². The number of amides is 1. The van der Waals surface area contributed by atoms with E-state index in [4.69, 9.17) is 11.1 Å². The van der Waals surface area contributed by atoms with Crippen molar-refractivity contribution in [3.05, 3.63) is 64.7 Å². The lowest BCUT2D eigenvalue weighted by Crippen LogP contribution is -2.28. The summed E-state index contributed by atoms with van der Waals surface area (Å²) >= 11 is 0. The van der Waals surface area contributed by atoms with Crippen LogP contribution in [0.3, 0.4) is 0 Å². The van der Waals surface area contributed by atoms with Crippen molar-refractivity contribution >= 4 is 29.8 Å². The van der Waals surface area contributed by atoms with E-state index in [1.165, 1.54) is 5.56 Å². The van der Waals surface area contributed by atoms with E-state index in [1.54, 1.807) is 0 Å². The molecule has 0 radical (unpaired) electrons. The van der Waals surface area contributed by atoms with Gasteiger partial charge < -0.3 is 16.0 Å². The zero-order valence-electron chi connectivity index (χ0n) is 16.3. The highest BCUT2D eigenvalue weighted by molar-refractivity contribution is 5.96. The van der Waals surface area contributed by atoms with Gasteiger partial charge in [-0.1, -0.05) is 24.3 Å². The molecule has 6 heteroatoms.